The fourth-order valence-electron chi connectivity index (χ4n) is 4.00. The Bertz CT molecular complexity index is 1240. The molecule has 0 bridgehead atoms. The molecule has 6 heteroatoms. The molecule has 0 radical (unpaired) electrons. The summed E-state index contributed by atoms with van der Waals surface area (Å²) in [6.45, 7) is 11.4. The SMILES string of the molecule is CCOc1ccc(N=C2S/C(=C/c3cc(C)n(-c4cccc(C)c4)c3C)C(=O)N2CC)cc1. The third-order valence-electron chi connectivity index (χ3n) is 5.59. The number of amides is 1. The zero-order chi connectivity index (χ0) is 23.5. The van der Waals surface area contributed by atoms with Gasteiger partial charge in [-0.25, -0.2) is 4.99 Å². The van der Waals surface area contributed by atoms with Crippen LogP contribution in [0.1, 0.15) is 36.4 Å². The number of carbonyl (C=O) groups excluding carboxylic acids is 1. The first-order valence-electron chi connectivity index (χ1n) is 11.2. The maximum atomic E-state index is 13.1. The lowest BCUT2D eigenvalue weighted by molar-refractivity contribution is -0.122. The highest BCUT2D eigenvalue weighted by Gasteiger charge is 2.32. The molecule has 1 saturated heterocycles. The van der Waals surface area contributed by atoms with Gasteiger partial charge in [0.15, 0.2) is 5.17 Å². The highest BCUT2D eigenvalue weighted by atomic mass is 32.2. The normalized spacial score (nSPS) is 16.3. The summed E-state index contributed by atoms with van der Waals surface area (Å²) in [6.07, 6.45) is 1.99. The molecule has 1 fully saturated rings. The molecule has 1 aromatic heterocycles. The van der Waals surface area contributed by atoms with E-state index in [-0.39, 0.29) is 5.91 Å². The van der Waals surface area contributed by atoms with Gasteiger partial charge in [0.05, 0.1) is 17.2 Å². The molecule has 170 valence electrons. The van der Waals surface area contributed by atoms with Gasteiger partial charge in [0.1, 0.15) is 5.75 Å². The second kappa shape index (κ2) is 9.71. The van der Waals surface area contributed by atoms with Crippen molar-refractivity contribution in [2.45, 2.75) is 34.6 Å². The molecule has 0 aliphatic carbocycles. The summed E-state index contributed by atoms with van der Waals surface area (Å²) < 4.78 is 7.74. The molecule has 5 nitrogen and oxygen atoms in total. The van der Waals surface area contributed by atoms with E-state index in [9.17, 15) is 4.79 Å². The van der Waals surface area contributed by atoms with Crippen LogP contribution in [0.15, 0.2) is 64.5 Å². The van der Waals surface area contributed by atoms with E-state index < -0.39 is 0 Å². The van der Waals surface area contributed by atoms with Crippen LogP contribution >= 0.6 is 11.8 Å². The lowest BCUT2D eigenvalue weighted by atomic mass is 10.2. The molecule has 2 aromatic carbocycles. The minimum atomic E-state index is -0.00690. The second-order valence-electron chi connectivity index (χ2n) is 7.98. The number of benzene rings is 2. The predicted octanol–water partition coefficient (Wildman–Crippen LogP) is 6.43. The third kappa shape index (κ3) is 4.76. The number of aryl methyl sites for hydroxylation is 2. The Labute approximate surface area is 199 Å². The van der Waals surface area contributed by atoms with Crippen LogP contribution in [-0.2, 0) is 4.79 Å². The minimum Gasteiger partial charge on any atom is -0.494 e. The molecule has 2 heterocycles. The topological polar surface area (TPSA) is 46.8 Å². The molecule has 1 aliphatic rings. The second-order valence-corrected chi connectivity index (χ2v) is 8.99. The van der Waals surface area contributed by atoms with Gasteiger partial charge in [-0.15, -0.1) is 0 Å². The van der Waals surface area contributed by atoms with Crippen LogP contribution in [0.2, 0.25) is 0 Å². The summed E-state index contributed by atoms with van der Waals surface area (Å²) in [4.78, 5) is 20.3. The van der Waals surface area contributed by atoms with Gasteiger partial charge < -0.3 is 9.30 Å². The maximum Gasteiger partial charge on any atom is 0.266 e. The summed E-state index contributed by atoms with van der Waals surface area (Å²) in [5.41, 5.74) is 6.44. The summed E-state index contributed by atoms with van der Waals surface area (Å²) in [5.74, 6) is 0.807. The molecular formula is C27H29N3O2S. The van der Waals surface area contributed by atoms with Crippen molar-refractivity contribution < 1.29 is 9.53 Å². The monoisotopic (exact) mass is 459 g/mol. The van der Waals surface area contributed by atoms with Crippen molar-refractivity contribution in [3.63, 3.8) is 0 Å². The van der Waals surface area contributed by atoms with Crippen molar-refractivity contribution in [1.82, 2.24) is 9.47 Å². The number of likely N-dealkylation sites (N-methyl/N-ethyl adjacent to an activating group) is 1. The van der Waals surface area contributed by atoms with Gasteiger partial charge >= 0.3 is 0 Å². The van der Waals surface area contributed by atoms with Gasteiger partial charge in [-0.2, -0.15) is 0 Å². The average molecular weight is 460 g/mol. The van der Waals surface area contributed by atoms with E-state index in [0.29, 0.717) is 23.2 Å². The number of hydrogen-bond acceptors (Lipinski definition) is 4. The number of hydrogen-bond donors (Lipinski definition) is 0. The number of thioether (sulfide) groups is 1. The molecule has 0 unspecified atom stereocenters. The van der Waals surface area contributed by atoms with Crippen LogP contribution < -0.4 is 4.74 Å². The molecule has 3 aromatic rings. The van der Waals surface area contributed by atoms with E-state index in [1.54, 1.807) is 4.90 Å². The molecule has 1 aliphatic heterocycles. The van der Waals surface area contributed by atoms with E-state index in [4.69, 9.17) is 9.73 Å². The van der Waals surface area contributed by atoms with Gasteiger partial charge in [0.25, 0.3) is 5.91 Å². The summed E-state index contributed by atoms with van der Waals surface area (Å²) in [6, 6.07) is 18.2. The fourth-order valence-corrected chi connectivity index (χ4v) is 5.06. The molecule has 0 spiro atoms. The number of amidine groups is 1. The minimum absolute atomic E-state index is 0.00690. The van der Waals surface area contributed by atoms with Crippen molar-refractivity contribution in [2.24, 2.45) is 4.99 Å². The Balaban J connectivity index is 1.65. The lowest BCUT2D eigenvalue weighted by Crippen LogP contribution is -2.28. The van der Waals surface area contributed by atoms with Gasteiger partial charge in [-0.3, -0.25) is 9.69 Å². The van der Waals surface area contributed by atoms with Crippen molar-refractivity contribution in [2.75, 3.05) is 13.2 Å². The summed E-state index contributed by atoms with van der Waals surface area (Å²) in [7, 11) is 0. The Morgan fingerprint density at radius 3 is 2.45 bits per heavy atom. The van der Waals surface area contributed by atoms with Crippen LogP contribution in [0.5, 0.6) is 5.75 Å². The quantitative estimate of drug-likeness (QED) is 0.399. The van der Waals surface area contributed by atoms with Crippen LogP contribution in [0, 0.1) is 20.8 Å². The first kappa shape index (κ1) is 22.9. The summed E-state index contributed by atoms with van der Waals surface area (Å²) in [5, 5.41) is 0.699. The van der Waals surface area contributed by atoms with Crippen LogP contribution in [-0.4, -0.2) is 33.7 Å². The highest BCUT2D eigenvalue weighted by Crippen LogP contribution is 2.35. The Morgan fingerprint density at radius 1 is 1.03 bits per heavy atom. The molecular weight excluding hydrogens is 430 g/mol. The number of nitrogens with zero attached hydrogens (tertiary/aromatic N) is 3. The van der Waals surface area contributed by atoms with Gasteiger partial charge in [-0.1, -0.05) is 12.1 Å². The first-order chi connectivity index (χ1) is 15.9. The fraction of sp³-hybridized carbons (Fsp3) is 0.259. The lowest BCUT2D eigenvalue weighted by Gasteiger charge is -2.12. The Morgan fingerprint density at radius 2 is 1.79 bits per heavy atom. The number of ether oxygens (including phenoxy) is 1. The van der Waals surface area contributed by atoms with E-state index in [2.05, 4.69) is 55.7 Å². The smallest absolute Gasteiger partial charge is 0.266 e. The highest BCUT2D eigenvalue weighted by molar-refractivity contribution is 8.18. The third-order valence-corrected chi connectivity index (χ3v) is 6.60. The molecule has 33 heavy (non-hydrogen) atoms. The van der Waals surface area contributed by atoms with Gasteiger partial charge in [0.2, 0.25) is 0 Å². The van der Waals surface area contributed by atoms with E-state index >= 15 is 0 Å². The molecule has 0 N–H and O–H groups in total. The standard InChI is InChI=1S/C27H29N3O2S/c1-6-29-26(31)25(33-27(29)28-22-11-13-24(14-12-22)32-7-2)17-21-16-19(4)30(20(21)5)23-10-8-9-18(3)15-23/h8-17H,6-7H2,1-5H3/b25-17+,28-27?. The van der Waals surface area contributed by atoms with Crippen LogP contribution in [0.4, 0.5) is 5.69 Å². The van der Waals surface area contributed by atoms with Crippen molar-refractivity contribution in [3.05, 3.63) is 82.0 Å². The molecule has 1 amide bonds. The Kier molecular flexibility index (Phi) is 6.75. The summed E-state index contributed by atoms with van der Waals surface area (Å²) >= 11 is 1.42. The molecule has 4 rings (SSSR count). The predicted molar refractivity (Wildman–Crippen MR) is 138 cm³/mol. The zero-order valence-electron chi connectivity index (χ0n) is 19.8. The van der Waals surface area contributed by atoms with E-state index in [1.807, 2.05) is 44.2 Å². The molecule has 0 saturated carbocycles. The zero-order valence-corrected chi connectivity index (χ0v) is 20.6. The molecule has 0 atom stereocenters. The number of rotatable bonds is 6. The van der Waals surface area contributed by atoms with E-state index in [1.165, 1.54) is 17.3 Å². The first-order valence-corrected chi connectivity index (χ1v) is 12.0. The van der Waals surface area contributed by atoms with Crippen LogP contribution in [0.3, 0.4) is 0 Å². The average Bonchev–Trinajstić information content (AvgIpc) is 3.24. The van der Waals surface area contributed by atoms with E-state index in [0.717, 1.165) is 34.1 Å². The van der Waals surface area contributed by atoms with Crippen LogP contribution in [0.25, 0.3) is 11.8 Å². The largest absolute Gasteiger partial charge is 0.494 e. The number of aromatic nitrogens is 1. The maximum absolute atomic E-state index is 13.1. The number of carbonyl (C=O) groups is 1. The van der Waals surface area contributed by atoms with Crippen molar-refractivity contribution in [1.29, 1.82) is 0 Å². The number of aliphatic imine (C=N–C) groups is 1. The van der Waals surface area contributed by atoms with Gasteiger partial charge in [-0.05, 0) is 106 Å². The Hall–Kier alpha value is -3.25. The van der Waals surface area contributed by atoms with Crippen molar-refractivity contribution in [3.8, 4) is 11.4 Å². The van der Waals surface area contributed by atoms with Gasteiger partial charge in [0, 0.05) is 23.6 Å². The van der Waals surface area contributed by atoms with Crippen molar-refractivity contribution >= 4 is 34.6 Å².